The average Bonchev–Trinajstić information content (AvgIpc) is 1.81. The van der Waals surface area contributed by atoms with E-state index in [1.807, 2.05) is 6.92 Å². The van der Waals surface area contributed by atoms with Crippen LogP contribution in [0.5, 0.6) is 0 Å². The summed E-state index contributed by atoms with van der Waals surface area (Å²) < 4.78 is 0.346. The highest BCUT2D eigenvalue weighted by molar-refractivity contribution is 9.11. The van der Waals surface area contributed by atoms with Crippen molar-refractivity contribution in [2.24, 2.45) is 5.92 Å². The summed E-state index contributed by atoms with van der Waals surface area (Å²) in [6.45, 7) is 1.94. The molecule has 1 aliphatic heterocycles. The third-order valence-electron chi connectivity index (χ3n) is 1.41. The van der Waals surface area contributed by atoms with Crippen LogP contribution in [-0.2, 0) is 4.79 Å². The van der Waals surface area contributed by atoms with Crippen molar-refractivity contribution in [2.75, 3.05) is 0 Å². The molecule has 1 saturated heterocycles. The third-order valence-corrected chi connectivity index (χ3v) is 4.51. The number of alkyl halides is 1. The average molecular weight is 211 g/mol. The van der Waals surface area contributed by atoms with Crippen LogP contribution in [-0.4, -0.2) is 20.5 Å². The fraction of sp³-hybridized carbons (Fsp3) is 0.800. The molecule has 0 amide bonds. The normalized spacial score (nSPS) is 41.8. The second-order valence-corrected chi connectivity index (χ2v) is 4.99. The van der Waals surface area contributed by atoms with Crippen LogP contribution in [0, 0.1) is 5.92 Å². The SMILES string of the molecule is C[C@@H]1C(Br)SC1C(=O)O. The number of thioether (sulfide) groups is 1. The molecule has 1 aliphatic rings. The highest BCUT2D eigenvalue weighted by Gasteiger charge is 2.41. The van der Waals surface area contributed by atoms with Crippen molar-refractivity contribution in [2.45, 2.75) is 16.3 Å². The topological polar surface area (TPSA) is 37.3 Å². The van der Waals surface area contributed by atoms with E-state index >= 15 is 0 Å². The molecule has 0 aromatic heterocycles. The van der Waals surface area contributed by atoms with Crippen LogP contribution < -0.4 is 0 Å². The van der Waals surface area contributed by atoms with Crippen LogP contribution in [0.25, 0.3) is 0 Å². The van der Waals surface area contributed by atoms with Gasteiger partial charge in [-0.3, -0.25) is 4.79 Å². The first kappa shape index (κ1) is 7.41. The predicted octanol–water partition coefficient (Wildman–Crippen LogP) is 1.54. The lowest BCUT2D eigenvalue weighted by molar-refractivity contribution is -0.137. The maximum atomic E-state index is 10.3. The molecule has 0 aromatic carbocycles. The van der Waals surface area contributed by atoms with Gasteiger partial charge in [0.15, 0.2) is 0 Å². The van der Waals surface area contributed by atoms with E-state index in [4.69, 9.17) is 5.11 Å². The van der Waals surface area contributed by atoms with Crippen molar-refractivity contribution in [1.29, 1.82) is 0 Å². The summed E-state index contributed by atoms with van der Waals surface area (Å²) in [5.41, 5.74) is 0. The van der Waals surface area contributed by atoms with Crippen molar-refractivity contribution in [3.8, 4) is 0 Å². The highest BCUT2D eigenvalue weighted by Crippen LogP contribution is 2.45. The van der Waals surface area contributed by atoms with Crippen molar-refractivity contribution < 1.29 is 9.90 Å². The molecule has 4 heteroatoms. The van der Waals surface area contributed by atoms with Gasteiger partial charge in [-0.25, -0.2) is 0 Å². The first-order chi connectivity index (χ1) is 4.13. The predicted molar refractivity (Wildman–Crippen MR) is 40.9 cm³/mol. The molecule has 9 heavy (non-hydrogen) atoms. The van der Waals surface area contributed by atoms with Crippen LogP contribution in [0.2, 0.25) is 0 Å². The molecule has 0 saturated carbocycles. The maximum Gasteiger partial charge on any atom is 0.317 e. The summed E-state index contributed by atoms with van der Waals surface area (Å²) in [5, 5.41) is 8.29. The molecule has 1 fully saturated rings. The van der Waals surface area contributed by atoms with Gasteiger partial charge in [0.05, 0.1) is 4.16 Å². The molecule has 2 nitrogen and oxygen atoms in total. The molecule has 1 N–H and O–H groups in total. The van der Waals surface area contributed by atoms with Crippen molar-refractivity contribution >= 4 is 33.7 Å². The minimum atomic E-state index is -0.691. The quantitative estimate of drug-likeness (QED) is 0.668. The number of carboxylic acids is 1. The lowest BCUT2D eigenvalue weighted by atomic mass is 10.1. The Morgan fingerprint density at radius 3 is 2.44 bits per heavy atom. The molecule has 0 spiro atoms. The Kier molecular flexibility index (Phi) is 2.06. The summed E-state index contributed by atoms with van der Waals surface area (Å²) in [7, 11) is 0. The van der Waals surface area contributed by atoms with Gasteiger partial charge < -0.3 is 5.11 Å². The summed E-state index contributed by atoms with van der Waals surface area (Å²) in [5.74, 6) is -0.421. The number of hydrogen-bond acceptors (Lipinski definition) is 2. The molecule has 52 valence electrons. The minimum Gasteiger partial charge on any atom is -0.480 e. The Labute approximate surface area is 66.1 Å². The number of aliphatic carboxylic acids is 1. The van der Waals surface area contributed by atoms with Crippen LogP contribution in [0.3, 0.4) is 0 Å². The van der Waals surface area contributed by atoms with Crippen LogP contribution >= 0.6 is 27.7 Å². The van der Waals surface area contributed by atoms with Crippen molar-refractivity contribution in [1.82, 2.24) is 0 Å². The monoisotopic (exact) mass is 210 g/mol. The fourth-order valence-electron chi connectivity index (χ4n) is 0.719. The summed E-state index contributed by atoms with van der Waals surface area (Å²) in [4.78, 5) is 10.3. The number of carbonyl (C=O) groups is 1. The molecule has 1 rings (SSSR count). The maximum absolute atomic E-state index is 10.3. The van der Waals surface area contributed by atoms with Gasteiger partial charge in [-0.2, -0.15) is 0 Å². The Bertz CT molecular complexity index is 139. The van der Waals surface area contributed by atoms with Gasteiger partial charge in [-0.05, 0) is 0 Å². The van der Waals surface area contributed by atoms with E-state index in [2.05, 4.69) is 15.9 Å². The summed E-state index contributed by atoms with van der Waals surface area (Å²) in [6.07, 6.45) is 0. The standard InChI is InChI=1S/C5H7BrO2S/c1-2-3(5(7)8)9-4(2)6/h2-4H,1H3,(H,7,8)/t2-,3?,4?/m0/s1. The molecule has 0 radical (unpaired) electrons. The molecule has 0 aromatic rings. The smallest absolute Gasteiger partial charge is 0.317 e. The van der Waals surface area contributed by atoms with Crippen molar-refractivity contribution in [3.05, 3.63) is 0 Å². The van der Waals surface area contributed by atoms with Crippen molar-refractivity contribution in [3.63, 3.8) is 0 Å². The number of carboxylic acid groups (broad SMARTS) is 1. The van der Waals surface area contributed by atoms with Gasteiger partial charge in [0.2, 0.25) is 0 Å². The van der Waals surface area contributed by atoms with E-state index in [1.54, 1.807) is 0 Å². The van der Waals surface area contributed by atoms with Crippen LogP contribution in [0.4, 0.5) is 0 Å². The zero-order valence-corrected chi connectivity index (χ0v) is 7.28. The van der Waals surface area contributed by atoms with Gasteiger partial charge in [0.1, 0.15) is 5.25 Å². The fourth-order valence-corrected chi connectivity index (χ4v) is 2.86. The van der Waals surface area contributed by atoms with Gasteiger partial charge in [0.25, 0.3) is 0 Å². The van der Waals surface area contributed by atoms with E-state index in [1.165, 1.54) is 11.8 Å². The summed E-state index contributed by atoms with van der Waals surface area (Å²) in [6, 6.07) is 0. The zero-order chi connectivity index (χ0) is 7.02. The third kappa shape index (κ3) is 1.24. The molecule has 0 bridgehead atoms. The van der Waals surface area contributed by atoms with Gasteiger partial charge >= 0.3 is 5.97 Å². The second-order valence-electron chi connectivity index (χ2n) is 2.11. The van der Waals surface area contributed by atoms with Crippen LogP contribution in [0.1, 0.15) is 6.92 Å². The number of rotatable bonds is 1. The Morgan fingerprint density at radius 1 is 1.78 bits per heavy atom. The second kappa shape index (κ2) is 2.50. The first-order valence-electron chi connectivity index (χ1n) is 2.65. The molecule has 1 heterocycles. The van der Waals surface area contributed by atoms with E-state index in [-0.39, 0.29) is 11.2 Å². The van der Waals surface area contributed by atoms with Gasteiger partial charge in [0, 0.05) is 5.92 Å². The number of halogens is 1. The zero-order valence-electron chi connectivity index (χ0n) is 4.87. The van der Waals surface area contributed by atoms with E-state index in [9.17, 15) is 4.79 Å². The molecular weight excluding hydrogens is 204 g/mol. The Morgan fingerprint density at radius 2 is 2.33 bits per heavy atom. The van der Waals surface area contributed by atoms with Crippen LogP contribution in [0.15, 0.2) is 0 Å². The lowest BCUT2D eigenvalue weighted by Gasteiger charge is -2.35. The molecular formula is C5H7BrO2S. The Balaban J connectivity index is 2.42. The van der Waals surface area contributed by atoms with E-state index in [0.717, 1.165) is 0 Å². The van der Waals surface area contributed by atoms with Gasteiger partial charge in [-0.15, -0.1) is 11.8 Å². The lowest BCUT2D eigenvalue weighted by Crippen LogP contribution is -2.39. The minimum absolute atomic E-state index is 0.186. The molecule has 3 atom stereocenters. The highest BCUT2D eigenvalue weighted by atomic mass is 79.9. The van der Waals surface area contributed by atoms with Gasteiger partial charge in [-0.1, -0.05) is 22.9 Å². The molecule has 2 unspecified atom stereocenters. The number of hydrogen-bond donors (Lipinski definition) is 1. The first-order valence-corrected chi connectivity index (χ1v) is 4.51. The van der Waals surface area contributed by atoms with E-state index in [0.29, 0.717) is 4.16 Å². The van der Waals surface area contributed by atoms with E-state index < -0.39 is 5.97 Å². The largest absolute Gasteiger partial charge is 0.480 e. The summed E-state index contributed by atoms with van der Waals surface area (Å²) >= 11 is 4.80. The Hall–Kier alpha value is 0.300. The molecule has 0 aliphatic carbocycles.